The van der Waals surface area contributed by atoms with E-state index in [4.69, 9.17) is 0 Å². The molecule has 0 bridgehead atoms. The fourth-order valence-corrected chi connectivity index (χ4v) is 2.66. The number of hydrogen-bond acceptors (Lipinski definition) is 0. The van der Waals surface area contributed by atoms with Gasteiger partial charge in [-0.25, -0.2) is 0 Å². The first-order valence-electron chi connectivity index (χ1n) is 9.90. The maximum atomic E-state index is 3.87. The molecule has 0 aromatic heterocycles. The molecule has 2 aromatic carbocycles. The maximum absolute atomic E-state index is 3.87. The molecule has 0 N–H and O–H groups in total. The number of hydrogen-bond donors (Lipinski definition) is 0. The molecule has 0 spiro atoms. The molecule has 0 amide bonds. The zero-order valence-corrected chi connectivity index (χ0v) is 18.0. The fraction of sp³-hybridized carbons (Fsp3) is 0.259. The molecule has 0 aliphatic rings. The molecule has 0 fully saturated rings. The third-order valence-corrected chi connectivity index (χ3v) is 3.89. The van der Waals surface area contributed by atoms with Crippen LogP contribution in [0.15, 0.2) is 97.6 Å². The Balaban J connectivity index is 0.00000158. The maximum Gasteiger partial charge on any atom is 0.0339 e. The minimum absolute atomic E-state index is 0.186. The molecule has 0 radical (unpaired) electrons. The van der Waals surface area contributed by atoms with Gasteiger partial charge in [-0.3, -0.25) is 0 Å². The highest BCUT2D eigenvalue weighted by Gasteiger charge is 2.17. The van der Waals surface area contributed by atoms with E-state index in [-0.39, 0.29) is 5.92 Å². The van der Waals surface area contributed by atoms with Crippen LogP contribution in [0.5, 0.6) is 0 Å². The highest BCUT2D eigenvalue weighted by atomic mass is 14.2. The van der Waals surface area contributed by atoms with Gasteiger partial charge in [0.25, 0.3) is 0 Å². The van der Waals surface area contributed by atoms with Gasteiger partial charge in [-0.2, -0.15) is 0 Å². The lowest BCUT2D eigenvalue weighted by Crippen LogP contribution is -2.04. The van der Waals surface area contributed by atoms with E-state index in [0.29, 0.717) is 0 Å². The van der Waals surface area contributed by atoms with Crippen molar-refractivity contribution in [3.8, 4) is 0 Å². The molecule has 2 aromatic rings. The normalized spacial score (nSPS) is 10.6. The van der Waals surface area contributed by atoms with E-state index in [1.165, 1.54) is 27.8 Å². The van der Waals surface area contributed by atoms with Gasteiger partial charge in [-0.15, -0.1) is 0 Å². The summed E-state index contributed by atoms with van der Waals surface area (Å²) >= 11 is 0. The van der Waals surface area contributed by atoms with Crippen LogP contribution in [0.25, 0.3) is 0 Å². The first-order chi connectivity index (χ1) is 13.2. The Labute approximate surface area is 167 Å². The highest BCUT2D eigenvalue weighted by Crippen LogP contribution is 2.33. The molecular formula is C27H36. The topological polar surface area (TPSA) is 0 Å². The summed E-state index contributed by atoms with van der Waals surface area (Å²) in [7, 11) is 0. The van der Waals surface area contributed by atoms with E-state index in [2.05, 4.69) is 87.7 Å². The van der Waals surface area contributed by atoms with Crippen LogP contribution in [-0.2, 0) is 0 Å². The van der Waals surface area contributed by atoms with Crippen molar-refractivity contribution in [1.29, 1.82) is 0 Å². The second kappa shape index (κ2) is 14.6. The van der Waals surface area contributed by atoms with E-state index in [1.807, 2.05) is 39.8 Å². The third-order valence-electron chi connectivity index (χ3n) is 3.89. The molecule has 0 aliphatic carbocycles. The van der Waals surface area contributed by atoms with Crippen molar-refractivity contribution < 1.29 is 0 Å². The summed E-state index contributed by atoms with van der Waals surface area (Å²) in [5.74, 6) is 0.186. The number of aryl methyl sites for hydroxylation is 2. The van der Waals surface area contributed by atoms with Crippen LogP contribution >= 0.6 is 0 Å². The smallest absolute Gasteiger partial charge is 0.0339 e. The van der Waals surface area contributed by atoms with Crippen LogP contribution in [0, 0.1) is 13.8 Å². The molecule has 0 aliphatic heterocycles. The molecule has 0 nitrogen and oxygen atoms in total. The summed E-state index contributed by atoms with van der Waals surface area (Å²) in [4.78, 5) is 0. The van der Waals surface area contributed by atoms with Crippen molar-refractivity contribution in [3.05, 3.63) is 120 Å². The summed E-state index contributed by atoms with van der Waals surface area (Å²) in [6.45, 7) is 19.9. The average Bonchev–Trinajstić information content (AvgIpc) is 2.72. The van der Waals surface area contributed by atoms with Crippen molar-refractivity contribution in [2.45, 2.75) is 47.5 Å². The summed E-state index contributed by atoms with van der Waals surface area (Å²) < 4.78 is 0. The van der Waals surface area contributed by atoms with Crippen LogP contribution in [0.3, 0.4) is 0 Å². The Kier molecular flexibility index (Phi) is 13.2. The van der Waals surface area contributed by atoms with Crippen LogP contribution in [0.2, 0.25) is 0 Å². The lowest BCUT2D eigenvalue weighted by Gasteiger charge is -2.20. The Morgan fingerprint density at radius 1 is 0.704 bits per heavy atom. The van der Waals surface area contributed by atoms with Gasteiger partial charge in [-0.1, -0.05) is 131 Å². The molecule has 27 heavy (non-hydrogen) atoms. The van der Waals surface area contributed by atoms with Gasteiger partial charge in [0.1, 0.15) is 0 Å². The van der Waals surface area contributed by atoms with Gasteiger partial charge in [0.2, 0.25) is 0 Å². The fourth-order valence-electron chi connectivity index (χ4n) is 2.66. The molecular weight excluding hydrogens is 324 g/mol. The van der Waals surface area contributed by atoms with E-state index in [0.717, 1.165) is 0 Å². The third kappa shape index (κ3) is 8.09. The second-order valence-electron chi connectivity index (χ2n) is 5.75. The van der Waals surface area contributed by atoms with E-state index in [9.17, 15) is 0 Å². The molecule has 144 valence electrons. The van der Waals surface area contributed by atoms with Gasteiger partial charge in [0, 0.05) is 5.92 Å². The van der Waals surface area contributed by atoms with E-state index >= 15 is 0 Å². The minimum Gasteiger partial charge on any atom is -0.0991 e. The van der Waals surface area contributed by atoms with Gasteiger partial charge in [0.15, 0.2) is 0 Å². The standard InChI is InChI=1S/C23H24.2C2H6/c1-5-7-9-20(8-6-2)23(21-14-10-18(3)11-15-21)22-16-12-19(4)13-17-22;2*1-2/h5-17,23H,1-2H2,3-4H3;2*1-2H3/b9-7-,20-8+;;. The lowest BCUT2D eigenvalue weighted by molar-refractivity contribution is 0.974. The zero-order valence-electron chi connectivity index (χ0n) is 18.0. The molecule has 0 saturated heterocycles. The van der Waals surface area contributed by atoms with Gasteiger partial charge in [-0.05, 0) is 30.5 Å². The van der Waals surface area contributed by atoms with Crippen LogP contribution in [0.4, 0.5) is 0 Å². The predicted molar refractivity (Wildman–Crippen MR) is 125 cm³/mol. The average molecular weight is 361 g/mol. The first kappa shape index (κ1) is 24.4. The van der Waals surface area contributed by atoms with Crippen molar-refractivity contribution in [3.63, 3.8) is 0 Å². The van der Waals surface area contributed by atoms with Gasteiger partial charge < -0.3 is 0 Å². The van der Waals surface area contributed by atoms with E-state index in [1.54, 1.807) is 6.08 Å². The molecule has 2 rings (SSSR count). The van der Waals surface area contributed by atoms with Crippen molar-refractivity contribution in [2.75, 3.05) is 0 Å². The second-order valence-corrected chi connectivity index (χ2v) is 5.75. The molecule has 0 heteroatoms. The van der Waals surface area contributed by atoms with Crippen molar-refractivity contribution in [1.82, 2.24) is 0 Å². The van der Waals surface area contributed by atoms with Crippen molar-refractivity contribution in [2.24, 2.45) is 0 Å². The molecule has 0 saturated carbocycles. The van der Waals surface area contributed by atoms with E-state index < -0.39 is 0 Å². The summed E-state index contributed by atoms with van der Waals surface area (Å²) in [6.07, 6.45) is 9.81. The van der Waals surface area contributed by atoms with Crippen molar-refractivity contribution >= 4 is 0 Å². The Bertz CT molecular complexity index is 664. The lowest BCUT2D eigenvalue weighted by atomic mass is 9.83. The quantitative estimate of drug-likeness (QED) is 0.454. The number of benzene rings is 2. The summed E-state index contributed by atoms with van der Waals surface area (Å²) in [5.41, 5.74) is 6.30. The number of rotatable bonds is 6. The summed E-state index contributed by atoms with van der Waals surface area (Å²) in [5, 5.41) is 0. The van der Waals surface area contributed by atoms with Crippen LogP contribution in [0.1, 0.15) is 55.9 Å². The van der Waals surface area contributed by atoms with Gasteiger partial charge in [0.05, 0.1) is 0 Å². The summed E-state index contributed by atoms with van der Waals surface area (Å²) in [6, 6.07) is 17.5. The van der Waals surface area contributed by atoms with Gasteiger partial charge >= 0.3 is 0 Å². The molecule has 0 heterocycles. The largest absolute Gasteiger partial charge is 0.0991 e. The van der Waals surface area contributed by atoms with Crippen LogP contribution < -0.4 is 0 Å². The molecule has 0 unspecified atom stereocenters. The monoisotopic (exact) mass is 360 g/mol. The SMILES string of the molecule is C=C/C=C\C(=C/C=C)C(c1ccc(C)cc1)c1ccc(C)cc1.CC.CC. The Hall–Kier alpha value is -2.60. The number of allylic oxidation sites excluding steroid dienone is 6. The molecule has 0 atom stereocenters. The highest BCUT2D eigenvalue weighted by molar-refractivity contribution is 5.47. The Morgan fingerprint density at radius 2 is 1.11 bits per heavy atom. The first-order valence-corrected chi connectivity index (χ1v) is 9.90. The van der Waals surface area contributed by atoms with Crippen LogP contribution in [-0.4, -0.2) is 0 Å². The Morgan fingerprint density at radius 3 is 1.44 bits per heavy atom. The minimum atomic E-state index is 0.186. The zero-order chi connectivity index (χ0) is 20.7. The predicted octanol–water partition coefficient (Wildman–Crippen LogP) is 8.34.